The highest BCUT2D eigenvalue weighted by molar-refractivity contribution is 5.98. The molecule has 4 nitrogen and oxygen atoms in total. The quantitative estimate of drug-likeness (QED) is 0.264. The van der Waals surface area contributed by atoms with E-state index in [0.717, 1.165) is 5.56 Å². The van der Waals surface area contributed by atoms with Crippen molar-refractivity contribution in [2.75, 3.05) is 20.3 Å². The molecule has 0 aliphatic heterocycles. The number of hydrogen-bond donors (Lipinski definition) is 2. The summed E-state index contributed by atoms with van der Waals surface area (Å²) < 4.78 is 18.4. The molecule has 16 heavy (non-hydrogen) atoms. The maximum absolute atomic E-state index is 13.5. The molecule has 0 spiro atoms. The first-order valence-electron chi connectivity index (χ1n) is 4.95. The van der Waals surface area contributed by atoms with E-state index in [2.05, 4.69) is 10.4 Å². The van der Waals surface area contributed by atoms with Crippen molar-refractivity contribution < 1.29 is 9.13 Å². The van der Waals surface area contributed by atoms with Crippen LogP contribution in [0.4, 0.5) is 4.39 Å². The lowest BCUT2D eigenvalue weighted by atomic mass is 10.1. The molecule has 88 valence electrons. The minimum Gasteiger partial charge on any atom is -0.383 e. The van der Waals surface area contributed by atoms with Crippen molar-refractivity contribution in [1.29, 1.82) is 0 Å². The Hall–Kier alpha value is -1.46. The summed E-state index contributed by atoms with van der Waals surface area (Å²) in [6, 6.07) is 4.79. The van der Waals surface area contributed by atoms with Crippen LogP contribution in [-0.4, -0.2) is 26.1 Å². The number of aryl methyl sites for hydroxylation is 1. The van der Waals surface area contributed by atoms with E-state index in [4.69, 9.17) is 10.6 Å². The lowest BCUT2D eigenvalue weighted by Crippen LogP contribution is -2.32. The third-order valence-electron chi connectivity index (χ3n) is 2.08. The molecule has 0 aliphatic rings. The fraction of sp³-hybridized carbons (Fsp3) is 0.364. The lowest BCUT2D eigenvalue weighted by molar-refractivity contribution is 0.208. The Balaban J connectivity index is 2.94. The van der Waals surface area contributed by atoms with Crippen molar-refractivity contribution in [3.05, 3.63) is 35.1 Å². The Labute approximate surface area is 94.3 Å². The number of rotatable bonds is 4. The second-order valence-electron chi connectivity index (χ2n) is 3.35. The van der Waals surface area contributed by atoms with E-state index in [1.807, 2.05) is 6.92 Å². The molecule has 0 heterocycles. The summed E-state index contributed by atoms with van der Waals surface area (Å²) in [5, 5.41) is 0. The first-order chi connectivity index (χ1) is 7.69. The first kappa shape index (κ1) is 12.6. The smallest absolute Gasteiger partial charge is 0.145 e. The van der Waals surface area contributed by atoms with E-state index in [1.165, 1.54) is 6.07 Å². The predicted octanol–water partition coefficient (Wildman–Crippen LogP) is 0.990. The topological polar surface area (TPSA) is 59.6 Å². The Kier molecular flexibility index (Phi) is 4.88. The van der Waals surface area contributed by atoms with E-state index in [1.54, 1.807) is 19.2 Å². The Morgan fingerprint density at radius 2 is 2.31 bits per heavy atom. The zero-order valence-electron chi connectivity index (χ0n) is 9.46. The number of ether oxygens (including phenoxy) is 1. The summed E-state index contributed by atoms with van der Waals surface area (Å²) >= 11 is 0. The number of halogens is 1. The number of benzene rings is 1. The molecule has 1 aromatic carbocycles. The number of hydrogen-bond acceptors (Lipinski definition) is 3. The second kappa shape index (κ2) is 6.19. The number of hydrazine groups is 1. The molecule has 1 rings (SSSR count). The van der Waals surface area contributed by atoms with Crippen LogP contribution in [0.1, 0.15) is 11.1 Å². The Morgan fingerprint density at radius 3 is 2.94 bits per heavy atom. The van der Waals surface area contributed by atoms with Gasteiger partial charge in [-0.25, -0.2) is 10.2 Å². The molecule has 0 radical (unpaired) electrons. The summed E-state index contributed by atoms with van der Waals surface area (Å²) in [6.45, 7) is 2.79. The molecule has 1 aromatic rings. The molecule has 0 fully saturated rings. The van der Waals surface area contributed by atoms with Gasteiger partial charge in [-0.3, -0.25) is 4.99 Å². The van der Waals surface area contributed by atoms with Crippen LogP contribution in [0.15, 0.2) is 23.2 Å². The largest absolute Gasteiger partial charge is 0.383 e. The lowest BCUT2D eigenvalue weighted by Gasteiger charge is -2.08. The maximum Gasteiger partial charge on any atom is 0.145 e. The summed E-state index contributed by atoms with van der Waals surface area (Å²) in [5.74, 6) is 5.30. The van der Waals surface area contributed by atoms with Crippen molar-refractivity contribution in [3.63, 3.8) is 0 Å². The van der Waals surface area contributed by atoms with Crippen LogP contribution in [0.2, 0.25) is 0 Å². The SMILES string of the molecule is COCCN=C(NN)c1cc(C)ccc1F. The normalized spacial score (nSPS) is 11.6. The highest BCUT2D eigenvalue weighted by Crippen LogP contribution is 2.10. The van der Waals surface area contributed by atoms with Crippen LogP contribution in [0, 0.1) is 12.7 Å². The van der Waals surface area contributed by atoms with Gasteiger partial charge in [0.25, 0.3) is 0 Å². The van der Waals surface area contributed by atoms with Crippen molar-refractivity contribution >= 4 is 5.84 Å². The summed E-state index contributed by atoms with van der Waals surface area (Å²) in [6.07, 6.45) is 0. The van der Waals surface area contributed by atoms with Gasteiger partial charge >= 0.3 is 0 Å². The van der Waals surface area contributed by atoms with Gasteiger partial charge in [0.15, 0.2) is 0 Å². The van der Waals surface area contributed by atoms with Crippen molar-refractivity contribution in [2.45, 2.75) is 6.92 Å². The fourth-order valence-corrected chi connectivity index (χ4v) is 1.28. The molecular weight excluding hydrogens is 209 g/mol. The number of aliphatic imine (C=N–C) groups is 1. The van der Waals surface area contributed by atoms with Crippen LogP contribution in [-0.2, 0) is 4.74 Å². The Bertz CT molecular complexity index is 379. The zero-order chi connectivity index (χ0) is 12.0. The molecule has 0 amide bonds. The second-order valence-corrected chi connectivity index (χ2v) is 3.35. The number of nitrogens with zero attached hydrogens (tertiary/aromatic N) is 1. The summed E-state index contributed by atoms with van der Waals surface area (Å²) in [7, 11) is 1.58. The van der Waals surface area contributed by atoms with Crippen LogP contribution in [0.5, 0.6) is 0 Å². The average Bonchev–Trinajstić information content (AvgIpc) is 2.28. The van der Waals surface area contributed by atoms with Crippen LogP contribution in [0.25, 0.3) is 0 Å². The highest BCUT2D eigenvalue weighted by Gasteiger charge is 2.08. The molecule has 0 aliphatic carbocycles. The molecule has 5 heteroatoms. The molecule has 0 atom stereocenters. The minimum absolute atomic E-state index is 0.332. The van der Waals surface area contributed by atoms with Crippen molar-refractivity contribution in [1.82, 2.24) is 5.43 Å². The summed E-state index contributed by atoms with van der Waals surface area (Å²) in [4.78, 5) is 4.12. The van der Waals surface area contributed by atoms with Gasteiger partial charge in [-0.1, -0.05) is 11.6 Å². The van der Waals surface area contributed by atoms with E-state index < -0.39 is 0 Å². The van der Waals surface area contributed by atoms with E-state index >= 15 is 0 Å². The van der Waals surface area contributed by atoms with Gasteiger partial charge in [-0.05, 0) is 19.1 Å². The van der Waals surface area contributed by atoms with Gasteiger partial charge in [0.2, 0.25) is 0 Å². The van der Waals surface area contributed by atoms with Crippen molar-refractivity contribution in [3.8, 4) is 0 Å². The van der Waals surface area contributed by atoms with Crippen LogP contribution >= 0.6 is 0 Å². The summed E-state index contributed by atoms with van der Waals surface area (Å²) in [5.41, 5.74) is 3.72. The third-order valence-corrected chi connectivity index (χ3v) is 2.08. The van der Waals surface area contributed by atoms with Crippen LogP contribution < -0.4 is 11.3 Å². The molecule has 0 saturated carbocycles. The number of nitrogens with one attached hydrogen (secondary N) is 1. The fourth-order valence-electron chi connectivity index (χ4n) is 1.28. The molecular formula is C11H16FN3O. The monoisotopic (exact) mass is 225 g/mol. The van der Waals surface area contributed by atoms with E-state index in [0.29, 0.717) is 24.6 Å². The predicted molar refractivity (Wildman–Crippen MR) is 61.7 cm³/mol. The number of nitrogens with two attached hydrogens (primary N) is 1. The average molecular weight is 225 g/mol. The molecule has 3 N–H and O–H groups in total. The maximum atomic E-state index is 13.5. The van der Waals surface area contributed by atoms with Gasteiger partial charge in [0.05, 0.1) is 18.7 Å². The van der Waals surface area contributed by atoms with E-state index in [-0.39, 0.29) is 5.82 Å². The van der Waals surface area contributed by atoms with Gasteiger partial charge in [-0.2, -0.15) is 0 Å². The van der Waals surface area contributed by atoms with Crippen LogP contribution in [0.3, 0.4) is 0 Å². The van der Waals surface area contributed by atoms with Gasteiger partial charge in [-0.15, -0.1) is 0 Å². The highest BCUT2D eigenvalue weighted by atomic mass is 19.1. The van der Waals surface area contributed by atoms with Crippen molar-refractivity contribution in [2.24, 2.45) is 10.8 Å². The molecule has 0 unspecified atom stereocenters. The number of methoxy groups -OCH3 is 1. The zero-order valence-corrected chi connectivity index (χ0v) is 9.46. The van der Waals surface area contributed by atoms with Gasteiger partial charge in [0, 0.05) is 7.11 Å². The third kappa shape index (κ3) is 3.29. The standard InChI is InChI=1S/C11H16FN3O/c1-8-3-4-10(12)9(7-8)11(15-13)14-5-6-16-2/h3-4,7H,5-6,13H2,1-2H3,(H,14,15). The Morgan fingerprint density at radius 1 is 1.56 bits per heavy atom. The molecule has 0 aromatic heterocycles. The number of amidine groups is 1. The molecule has 0 bridgehead atoms. The van der Waals surface area contributed by atoms with Gasteiger partial charge < -0.3 is 10.2 Å². The minimum atomic E-state index is -0.347. The van der Waals surface area contributed by atoms with E-state index in [9.17, 15) is 4.39 Å². The molecule has 0 saturated heterocycles. The first-order valence-corrected chi connectivity index (χ1v) is 4.95. The van der Waals surface area contributed by atoms with Gasteiger partial charge in [0.1, 0.15) is 11.7 Å².